The average Bonchev–Trinajstić information content (AvgIpc) is 2.49. The molecule has 4 nitrogen and oxygen atoms in total. The first-order chi connectivity index (χ1) is 7.87. The average molecular weight is 237 g/mol. The highest BCUT2D eigenvalue weighted by molar-refractivity contribution is 5.32. The van der Waals surface area contributed by atoms with Gasteiger partial charge in [0.25, 0.3) is 0 Å². The molecular weight excluding hydrogens is 214 g/mol. The molecule has 2 atom stereocenters. The summed E-state index contributed by atoms with van der Waals surface area (Å²) in [6.07, 6.45) is 1.35. The van der Waals surface area contributed by atoms with E-state index in [1.54, 1.807) is 0 Å². The van der Waals surface area contributed by atoms with Gasteiger partial charge in [0.15, 0.2) is 5.75 Å². The molecule has 96 valence electrons. The Labute approximate surface area is 103 Å². The van der Waals surface area contributed by atoms with Crippen LogP contribution in [0.4, 0.5) is 0 Å². The fourth-order valence-electron chi connectivity index (χ4n) is 2.64. The summed E-state index contributed by atoms with van der Waals surface area (Å²) in [4.78, 5) is 0. The van der Waals surface area contributed by atoms with Gasteiger partial charge in [-0.2, -0.15) is 5.10 Å². The van der Waals surface area contributed by atoms with Gasteiger partial charge in [-0.25, -0.2) is 0 Å². The SMILES string of the molecule is CNC1CC(Oc2c(C)nn(C)c2C)C1(C)C. The minimum Gasteiger partial charge on any atom is -0.486 e. The highest BCUT2D eigenvalue weighted by Crippen LogP contribution is 2.43. The van der Waals surface area contributed by atoms with Gasteiger partial charge in [0.1, 0.15) is 11.8 Å². The van der Waals surface area contributed by atoms with Crippen molar-refractivity contribution in [3.05, 3.63) is 11.4 Å². The van der Waals surface area contributed by atoms with E-state index in [9.17, 15) is 0 Å². The van der Waals surface area contributed by atoms with Crippen LogP contribution >= 0.6 is 0 Å². The molecule has 1 heterocycles. The van der Waals surface area contributed by atoms with Gasteiger partial charge in [-0.3, -0.25) is 4.68 Å². The maximum atomic E-state index is 6.16. The standard InChI is InChI=1S/C13H23N3O/c1-8-12(9(2)16(6)15-8)17-11-7-10(14-5)13(11,3)4/h10-11,14H,7H2,1-6H3. The molecule has 17 heavy (non-hydrogen) atoms. The third kappa shape index (κ3) is 1.84. The van der Waals surface area contributed by atoms with E-state index in [0.29, 0.717) is 6.04 Å². The van der Waals surface area contributed by atoms with E-state index < -0.39 is 0 Å². The molecule has 0 aromatic carbocycles. The molecule has 0 bridgehead atoms. The summed E-state index contributed by atoms with van der Waals surface area (Å²) in [5, 5.41) is 7.73. The van der Waals surface area contributed by atoms with Crippen molar-refractivity contribution in [2.45, 2.75) is 46.3 Å². The molecule has 0 amide bonds. The van der Waals surface area contributed by atoms with Crippen molar-refractivity contribution < 1.29 is 4.74 Å². The zero-order chi connectivity index (χ0) is 12.8. The molecule has 2 rings (SSSR count). The Morgan fingerprint density at radius 2 is 2.06 bits per heavy atom. The van der Waals surface area contributed by atoms with Crippen LogP contribution in [-0.4, -0.2) is 29.0 Å². The van der Waals surface area contributed by atoms with Gasteiger partial charge in [-0.05, 0) is 20.9 Å². The molecule has 1 aromatic rings. The van der Waals surface area contributed by atoms with Gasteiger partial charge in [-0.15, -0.1) is 0 Å². The largest absolute Gasteiger partial charge is 0.486 e. The third-order valence-electron chi connectivity index (χ3n) is 4.23. The van der Waals surface area contributed by atoms with Crippen molar-refractivity contribution >= 4 is 0 Å². The summed E-state index contributed by atoms with van der Waals surface area (Å²) >= 11 is 0. The van der Waals surface area contributed by atoms with E-state index in [0.717, 1.165) is 23.6 Å². The molecule has 1 N–H and O–H groups in total. The molecule has 0 saturated heterocycles. The van der Waals surface area contributed by atoms with E-state index >= 15 is 0 Å². The molecule has 1 aliphatic carbocycles. The fourth-order valence-corrected chi connectivity index (χ4v) is 2.64. The lowest BCUT2D eigenvalue weighted by Gasteiger charge is -2.51. The molecule has 0 radical (unpaired) electrons. The first-order valence-electron chi connectivity index (χ1n) is 6.22. The molecular formula is C13H23N3O. The first-order valence-corrected chi connectivity index (χ1v) is 6.22. The number of ether oxygens (including phenoxy) is 1. The second-order valence-electron chi connectivity index (χ2n) is 5.63. The van der Waals surface area contributed by atoms with Crippen molar-refractivity contribution in [2.75, 3.05) is 7.05 Å². The van der Waals surface area contributed by atoms with E-state index in [1.165, 1.54) is 0 Å². The van der Waals surface area contributed by atoms with E-state index in [4.69, 9.17) is 4.74 Å². The number of nitrogens with one attached hydrogen (secondary N) is 1. The summed E-state index contributed by atoms with van der Waals surface area (Å²) in [5.74, 6) is 0.958. The summed E-state index contributed by atoms with van der Waals surface area (Å²) in [6.45, 7) is 8.56. The molecule has 4 heteroatoms. The maximum Gasteiger partial charge on any atom is 0.163 e. The lowest BCUT2D eigenvalue weighted by Crippen LogP contribution is -2.61. The van der Waals surface area contributed by atoms with Gasteiger partial charge in [0.2, 0.25) is 0 Å². The predicted molar refractivity (Wildman–Crippen MR) is 68.3 cm³/mol. The van der Waals surface area contributed by atoms with E-state index in [2.05, 4.69) is 31.2 Å². The van der Waals surface area contributed by atoms with Crippen molar-refractivity contribution in [3.8, 4) is 5.75 Å². The fraction of sp³-hybridized carbons (Fsp3) is 0.769. The van der Waals surface area contributed by atoms with Gasteiger partial charge in [0.05, 0.1) is 5.69 Å². The number of aromatic nitrogens is 2. The van der Waals surface area contributed by atoms with Gasteiger partial charge in [0, 0.05) is 24.9 Å². The smallest absolute Gasteiger partial charge is 0.163 e. The molecule has 1 aromatic heterocycles. The van der Waals surface area contributed by atoms with Crippen LogP contribution in [0, 0.1) is 19.3 Å². The normalized spacial score (nSPS) is 26.7. The molecule has 1 fully saturated rings. The van der Waals surface area contributed by atoms with Crippen LogP contribution < -0.4 is 10.1 Å². The zero-order valence-electron chi connectivity index (χ0n) is 11.7. The number of hydrogen-bond donors (Lipinski definition) is 1. The number of rotatable bonds is 3. The number of hydrogen-bond acceptors (Lipinski definition) is 3. The van der Waals surface area contributed by atoms with Gasteiger partial charge >= 0.3 is 0 Å². The second kappa shape index (κ2) is 4.02. The third-order valence-corrected chi connectivity index (χ3v) is 4.23. The minimum absolute atomic E-state index is 0.184. The summed E-state index contributed by atoms with van der Waals surface area (Å²) in [6, 6.07) is 0.546. The first kappa shape index (κ1) is 12.4. The number of aryl methyl sites for hydroxylation is 2. The molecule has 0 aliphatic heterocycles. The second-order valence-corrected chi connectivity index (χ2v) is 5.63. The Bertz CT molecular complexity index is 423. The van der Waals surface area contributed by atoms with Crippen molar-refractivity contribution in [2.24, 2.45) is 12.5 Å². The van der Waals surface area contributed by atoms with Crippen LogP contribution in [0.2, 0.25) is 0 Å². The minimum atomic E-state index is 0.184. The summed E-state index contributed by atoms with van der Waals surface area (Å²) < 4.78 is 8.04. The quantitative estimate of drug-likeness (QED) is 0.871. The van der Waals surface area contributed by atoms with Crippen molar-refractivity contribution in [1.29, 1.82) is 0 Å². The molecule has 1 saturated carbocycles. The highest BCUT2D eigenvalue weighted by Gasteiger charge is 2.49. The Morgan fingerprint density at radius 3 is 2.47 bits per heavy atom. The van der Waals surface area contributed by atoms with Crippen LogP contribution in [-0.2, 0) is 7.05 Å². The van der Waals surface area contributed by atoms with Crippen LogP contribution in [0.15, 0.2) is 0 Å². The molecule has 0 spiro atoms. The van der Waals surface area contributed by atoms with E-state index in [-0.39, 0.29) is 11.5 Å². The van der Waals surface area contributed by atoms with E-state index in [1.807, 2.05) is 25.7 Å². The lowest BCUT2D eigenvalue weighted by molar-refractivity contribution is -0.0527. The van der Waals surface area contributed by atoms with Crippen LogP contribution in [0.3, 0.4) is 0 Å². The van der Waals surface area contributed by atoms with Crippen LogP contribution in [0.25, 0.3) is 0 Å². The summed E-state index contributed by atoms with van der Waals surface area (Å²) in [7, 11) is 3.97. The Balaban J connectivity index is 2.13. The van der Waals surface area contributed by atoms with Crippen LogP contribution in [0.1, 0.15) is 31.7 Å². The Kier molecular flexibility index (Phi) is 2.94. The number of nitrogens with zero attached hydrogens (tertiary/aromatic N) is 2. The highest BCUT2D eigenvalue weighted by atomic mass is 16.5. The lowest BCUT2D eigenvalue weighted by atomic mass is 9.64. The maximum absolute atomic E-state index is 6.16. The Morgan fingerprint density at radius 1 is 1.41 bits per heavy atom. The van der Waals surface area contributed by atoms with Crippen LogP contribution in [0.5, 0.6) is 5.75 Å². The predicted octanol–water partition coefficient (Wildman–Crippen LogP) is 1.80. The van der Waals surface area contributed by atoms with Gasteiger partial charge in [-0.1, -0.05) is 13.8 Å². The summed E-state index contributed by atoms with van der Waals surface area (Å²) in [5.41, 5.74) is 2.27. The topological polar surface area (TPSA) is 39.1 Å². The van der Waals surface area contributed by atoms with Gasteiger partial charge < -0.3 is 10.1 Å². The zero-order valence-corrected chi connectivity index (χ0v) is 11.7. The van der Waals surface area contributed by atoms with Crippen molar-refractivity contribution in [1.82, 2.24) is 15.1 Å². The molecule has 1 aliphatic rings. The van der Waals surface area contributed by atoms with Crippen molar-refractivity contribution in [3.63, 3.8) is 0 Å². The molecule has 2 unspecified atom stereocenters. The monoisotopic (exact) mass is 237 g/mol. The Hall–Kier alpha value is -1.03.